The second-order valence-corrected chi connectivity index (χ2v) is 6.27. The molecule has 1 atom stereocenters. The van der Waals surface area contributed by atoms with Crippen LogP contribution in [0.5, 0.6) is 5.75 Å². The van der Waals surface area contributed by atoms with E-state index in [2.05, 4.69) is 30.1 Å². The standard InChI is InChI=1S/C19H30N2O2/c1-4-6-8-15-10-11-18(23-3)17(13-15)19(22)20-14-16-9-7-12-21(16)5-2/h10-11,13,16H,4-9,12,14H2,1-3H3,(H,20,22). The van der Waals surface area contributed by atoms with Gasteiger partial charge in [0, 0.05) is 12.6 Å². The van der Waals surface area contributed by atoms with E-state index in [9.17, 15) is 4.79 Å². The largest absolute Gasteiger partial charge is 0.496 e. The molecule has 1 fully saturated rings. The summed E-state index contributed by atoms with van der Waals surface area (Å²) in [5.41, 5.74) is 1.86. The Bertz CT molecular complexity index is 516. The van der Waals surface area contributed by atoms with Crippen LogP contribution in [0.4, 0.5) is 0 Å². The quantitative estimate of drug-likeness (QED) is 0.800. The number of methoxy groups -OCH3 is 1. The molecule has 0 aromatic heterocycles. The van der Waals surface area contributed by atoms with Crippen molar-refractivity contribution < 1.29 is 9.53 Å². The maximum atomic E-state index is 12.6. The zero-order valence-corrected chi connectivity index (χ0v) is 14.7. The number of likely N-dealkylation sites (tertiary alicyclic amines) is 1. The highest BCUT2D eigenvalue weighted by atomic mass is 16.5. The Hall–Kier alpha value is -1.55. The van der Waals surface area contributed by atoms with Gasteiger partial charge in [0.2, 0.25) is 0 Å². The Morgan fingerprint density at radius 1 is 1.39 bits per heavy atom. The van der Waals surface area contributed by atoms with Crippen LogP contribution in [0.15, 0.2) is 18.2 Å². The van der Waals surface area contributed by atoms with Crippen molar-refractivity contribution in [3.8, 4) is 5.75 Å². The first-order valence-corrected chi connectivity index (χ1v) is 8.88. The molecule has 1 aromatic carbocycles. The van der Waals surface area contributed by atoms with Crippen LogP contribution in [0.25, 0.3) is 0 Å². The van der Waals surface area contributed by atoms with Crippen LogP contribution in [0, 0.1) is 0 Å². The SMILES string of the molecule is CCCCc1ccc(OC)c(C(=O)NCC2CCCN2CC)c1. The number of amides is 1. The molecule has 1 aliphatic rings. The molecule has 0 aliphatic carbocycles. The number of aryl methyl sites for hydroxylation is 1. The van der Waals surface area contributed by atoms with Crippen molar-refractivity contribution in [1.82, 2.24) is 10.2 Å². The molecular formula is C19H30N2O2. The van der Waals surface area contributed by atoms with Crippen molar-refractivity contribution in [3.63, 3.8) is 0 Å². The highest BCUT2D eigenvalue weighted by molar-refractivity contribution is 5.97. The van der Waals surface area contributed by atoms with E-state index >= 15 is 0 Å². The third kappa shape index (κ3) is 4.71. The smallest absolute Gasteiger partial charge is 0.255 e. The monoisotopic (exact) mass is 318 g/mol. The van der Waals surface area contributed by atoms with Gasteiger partial charge in [0.1, 0.15) is 5.75 Å². The zero-order valence-electron chi connectivity index (χ0n) is 14.7. The number of unbranched alkanes of at least 4 members (excludes halogenated alkanes) is 1. The Morgan fingerprint density at radius 3 is 2.91 bits per heavy atom. The van der Waals surface area contributed by atoms with E-state index in [1.807, 2.05) is 12.1 Å². The molecule has 0 spiro atoms. The van der Waals surface area contributed by atoms with Crippen molar-refractivity contribution >= 4 is 5.91 Å². The number of hydrogen-bond donors (Lipinski definition) is 1. The second kappa shape index (κ2) is 8.92. The summed E-state index contributed by atoms with van der Waals surface area (Å²) >= 11 is 0. The number of ether oxygens (including phenoxy) is 1. The first kappa shape index (κ1) is 17.8. The van der Waals surface area contributed by atoms with Gasteiger partial charge in [-0.3, -0.25) is 9.69 Å². The summed E-state index contributed by atoms with van der Waals surface area (Å²) in [7, 11) is 1.62. The summed E-state index contributed by atoms with van der Waals surface area (Å²) in [6.07, 6.45) is 5.70. The van der Waals surface area contributed by atoms with Gasteiger partial charge in [-0.05, 0) is 56.5 Å². The first-order valence-electron chi connectivity index (χ1n) is 8.88. The molecule has 1 saturated heterocycles. The molecule has 1 aliphatic heterocycles. The van der Waals surface area contributed by atoms with E-state index < -0.39 is 0 Å². The highest BCUT2D eigenvalue weighted by Gasteiger charge is 2.23. The molecule has 4 heteroatoms. The fraction of sp³-hybridized carbons (Fsp3) is 0.632. The van der Waals surface area contributed by atoms with E-state index in [1.54, 1.807) is 7.11 Å². The van der Waals surface area contributed by atoms with Gasteiger partial charge < -0.3 is 10.1 Å². The van der Waals surface area contributed by atoms with Gasteiger partial charge >= 0.3 is 0 Å². The summed E-state index contributed by atoms with van der Waals surface area (Å²) < 4.78 is 5.37. The third-order valence-corrected chi connectivity index (χ3v) is 4.73. The van der Waals surface area contributed by atoms with Gasteiger partial charge in [-0.1, -0.05) is 26.3 Å². The van der Waals surface area contributed by atoms with Gasteiger partial charge in [-0.15, -0.1) is 0 Å². The summed E-state index contributed by atoms with van der Waals surface area (Å²) in [6, 6.07) is 6.42. The molecule has 2 rings (SSSR count). The average molecular weight is 318 g/mol. The summed E-state index contributed by atoms with van der Waals surface area (Å²) in [4.78, 5) is 15.0. The van der Waals surface area contributed by atoms with Gasteiger partial charge in [0.15, 0.2) is 0 Å². The molecule has 128 valence electrons. The van der Waals surface area contributed by atoms with Crippen LogP contribution < -0.4 is 10.1 Å². The van der Waals surface area contributed by atoms with Crippen molar-refractivity contribution in [1.29, 1.82) is 0 Å². The number of likely N-dealkylation sites (N-methyl/N-ethyl adjacent to an activating group) is 1. The molecule has 1 aromatic rings. The molecule has 0 radical (unpaired) electrons. The number of carbonyl (C=O) groups is 1. The molecule has 1 unspecified atom stereocenters. The maximum absolute atomic E-state index is 12.6. The number of carbonyl (C=O) groups excluding carboxylic acids is 1. The first-order chi connectivity index (χ1) is 11.2. The molecule has 1 amide bonds. The number of hydrogen-bond acceptors (Lipinski definition) is 3. The predicted octanol–water partition coefficient (Wildman–Crippen LogP) is 3.25. The van der Waals surface area contributed by atoms with Crippen LogP contribution in [-0.4, -0.2) is 43.6 Å². The van der Waals surface area contributed by atoms with Crippen LogP contribution in [0.2, 0.25) is 0 Å². The van der Waals surface area contributed by atoms with Crippen molar-refractivity contribution in [2.45, 2.75) is 52.0 Å². The average Bonchev–Trinajstić information content (AvgIpc) is 3.05. The molecule has 0 bridgehead atoms. The minimum atomic E-state index is -0.0249. The number of nitrogens with zero attached hydrogens (tertiary/aromatic N) is 1. The number of benzene rings is 1. The van der Waals surface area contributed by atoms with Crippen molar-refractivity contribution in [2.75, 3.05) is 26.7 Å². The van der Waals surface area contributed by atoms with Crippen LogP contribution in [0.1, 0.15) is 55.5 Å². The highest BCUT2D eigenvalue weighted by Crippen LogP contribution is 2.21. The van der Waals surface area contributed by atoms with Crippen LogP contribution >= 0.6 is 0 Å². The lowest BCUT2D eigenvalue weighted by atomic mass is 10.0. The lowest BCUT2D eigenvalue weighted by Crippen LogP contribution is -2.40. The summed E-state index contributed by atoms with van der Waals surface area (Å²) in [5, 5.41) is 3.10. The van der Waals surface area contributed by atoms with Gasteiger partial charge in [0.25, 0.3) is 5.91 Å². The second-order valence-electron chi connectivity index (χ2n) is 6.27. The fourth-order valence-corrected chi connectivity index (χ4v) is 3.32. The Kier molecular flexibility index (Phi) is 6.90. The fourth-order valence-electron chi connectivity index (χ4n) is 3.32. The predicted molar refractivity (Wildman–Crippen MR) is 94.2 cm³/mol. The number of nitrogens with one attached hydrogen (secondary N) is 1. The molecule has 1 N–H and O–H groups in total. The van der Waals surface area contributed by atoms with E-state index in [1.165, 1.54) is 18.4 Å². The van der Waals surface area contributed by atoms with Crippen molar-refractivity contribution in [3.05, 3.63) is 29.3 Å². The Balaban J connectivity index is 2.02. The zero-order chi connectivity index (χ0) is 16.7. The normalized spacial score (nSPS) is 18.1. The van der Waals surface area contributed by atoms with Crippen LogP contribution in [-0.2, 0) is 6.42 Å². The van der Waals surface area contributed by atoms with E-state index in [0.717, 1.165) is 38.9 Å². The molecule has 0 saturated carbocycles. The maximum Gasteiger partial charge on any atom is 0.255 e. The molecular weight excluding hydrogens is 288 g/mol. The summed E-state index contributed by atoms with van der Waals surface area (Å²) in [6.45, 7) is 7.27. The third-order valence-electron chi connectivity index (χ3n) is 4.73. The minimum Gasteiger partial charge on any atom is -0.496 e. The lowest BCUT2D eigenvalue weighted by Gasteiger charge is -2.23. The van der Waals surface area contributed by atoms with E-state index in [4.69, 9.17) is 4.74 Å². The molecule has 23 heavy (non-hydrogen) atoms. The van der Waals surface area contributed by atoms with E-state index in [-0.39, 0.29) is 5.91 Å². The van der Waals surface area contributed by atoms with Gasteiger partial charge in [-0.2, -0.15) is 0 Å². The van der Waals surface area contributed by atoms with Gasteiger partial charge in [-0.25, -0.2) is 0 Å². The summed E-state index contributed by atoms with van der Waals surface area (Å²) in [5.74, 6) is 0.629. The molecule has 4 nitrogen and oxygen atoms in total. The minimum absolute atomic E-state index is 0.0249. The molecule has 1 heterocycles. The van der Waals surface area contributed by atoms with Crippen molar-refractivity contribution in [2.24, 2.45) is 0 Å². The topological polar surface area (TPSA) is 41.6 Å². The van der Waals surface area contributed by atoms with Gasteiger partial charge in [0.05, 0.1) is 12.7 Å². The number of rotatable bonds is 8. The van der Waals surface area contributed by atoms with Crippen LogP contribution in [0.3, 0.4) is 0 Å². The Labute approximate surface area is 140 Å². The Morgan fingerprint density at radius 2 is 2.22 bits per heavy atom. The van der Waals surface area contributed by atoms with E-state index in [0.29, 0.717) is 17.4 Å². The lowest BCUT2D eigenvalue weighted by molar-refractivity contribution is 0.0938.